The van der Waals surface area contributed by atoms with Crippen molar-refractivity contribution in [2.24, 2.45) is 7.05 Å². The number of pyridine rings is 1. The molecule has 192 valence electrons. The van der Waals surface area contributed by atoms with E-state index in [1.54, 1.807) is 48.3 Å². The molecule has 3 heterocycles. The fraction of sp³-hybridized carbons (Fsp3) is 0.192. The van der Waals surface area contributed by atoms with Gasteiger partial charge in [-0.1, -0.05) is 17.7 Å². The van der Waals surface area contributed by atoms with Gasteiger partial charge in [-0.3, -0.25) is 9.69 Å². The molecule has 12 heteroatoms. The Kier molecular flexibility index (Phi) is 6.50. The van der Waals surface area contributed by atoms with E-state index in [0.717, 1.165) is 6.07 Å². The van der Waals surface area contributed by atoms with E-state index in [1.165, 1.54) is 17.0 Å². The molecule has 2 aromatic heterocycles. The maximum atomic E-state index is 13.7. The van der Waals surface area contributed by atoms with E-state index in [0.29, 0.717) is 33.4 Å². The first-order valence-electron chi connectivity index (χ1n) is 11.5. The van der Waals surface area contributed by atoms with Crippen molar-refractivity contribution >= 4 is 29.1 Å². The second-order valence-electron chi connectivity index (χ2n) is 8.61. The number of rotatable bonds is 6. The van der Waals surface area contributed by atoms with Crippen LogP contribution in [0.15, 0.2) is 54.9 Å². The van der Waals surface area contributed by atoms with E-state index in [1.807, 2.05) is 6.07 Å². The Balaban J connectivity index is 1.64. The molecule has 0 spiro atoms. The summed E-state index contributed by atoms with van der Waals surface area (Å²) in [5.41, 5.74) is 0.974. The number of aromatic nitrogens is 4. The van der Waals surface area contributed by atoms with Crippen LogP contribution in [0.5, 0.6) is 0 Å². The summed E-state index contributed by atoms with van der Waals surface area (Å²) in [6, 6.07) is 14.2. The molecule has 0 atom stereocenters. The number of amides is 1. The molecule has 8 nitrogen and oxygen atoms in total. The van der Waals surface area contributed by atoms with Crippen LogP contribution < -0.4 is 10.2 Å². The smallest absolute Gasteiger partial charge is 0.369 e. The Bertz CT molecular complexity index is 1590. The number of carbonyl (C=O) groups excluding carboxylic acids is 1. The van der Waals surface area contributed by atoms with Crippen molar-refractivity contribution in [3.8, 4) is 28.6 Å². The zero-order chi connectivity index (χ0) is 27.0. The van der Waals surface area contributed by atoms with Crippen molar-refractivity contribution < 1.29 is 18.0 Å². The Morgan fingerprint density at radius 2 is 1.95 bits per heavy atom. The molecule has 1 amide bonds. The number of hydrogen-bond acceptors (Lipinski definition) is 6. The van der Waals surface area contributed by atoms with Crippen molar-refractivity contribution in [3.63, 3.8) is 0 Å². The molecule has 0 unspecified atom stereocenters. The molecule has 5 rings (SSSR count). The van der Waals surface area contributed by atoms with E-state index in [9.17, 15) is 18.0 Å². The van der Waals surface area contributed by atoms with Crippen molar-refractivity contribution in [2.75, 3.05) is 16.8 Å². The van der Waals surface area contributed by atoms with Gasteiger partial charge in [0.05, 0.1) is 24.6 Å². The number of aryl methyl sites for hydroxylation is 1. The summed E-state index contributed by atoms with van der Waals surface area (Å²) in [4.78, 5) is 19.0. The van der Waals surface area contributed by atoms with E-state index in [-0.39, 0.29) is 36.5 Å². The molecular formula is C26H19ClF3N7O. The van der Waals surface area contributed by atoms with Gasteiger partial charge >= 0.3 is 6.18 Å². The van der Waals surface area contributed by atoms with Crippen LogP contribution in [0.2, 0.25) is 5.02 Å². The van der Waals surface area contributed by atoms with E-state index < -0.39 is 17.6 Å². The molecule has 4 aromatic rings. The van der Waals surface area contributed by atoms with Gasteiger partial charge in [-0.2, -0.15) is 18.4 Å². The number of hydrogen-bond donors (Lipinski definition) is 1. The topological polar surface area (TPSA) is 99.7 Å². The lowest BCUT2D eigenvalue weighted by Gasteiger charge is -2.19. The third-order valence-corrected chi connectivity index (χ3v) is 6.38. The molecule has 0 saturated carbocycles. The van der Waals surface area contributed by atoms with E-state index in [2.05, 4.69) is 20.5 Å². The monoisotopic (exact) mass is 537 g/mol. The summed E-state index contributed by atoms with van der Waals surface area (Å²) < 4.78 is 42.7. The zero-order valence-corrected chi connectivity index (χ0v) is 20.7. The third kappa shape index (κ3) is 4.66. The first-order valence-corrected chi connectivity index (χ1v) is 11.8. The fourth-order valence-electron chi connectivity index (χ4n) is 4.41. The van der Waals surface area contributed by atoms with Gasteiger partial charge in [-0.15, -0.1) is 10.2 Å². The van der Waals surface area contributed by atoms with E-state index in [4.69, 9.17) is 16.9 Å². The normalized spacial score (nSPS) is 12.9. The molecule has 1 N–H and O–H groups in total. The number of benzene rings is 2. The Morgan fingerprint density at radius 3 is 2.66 bits per heavy atom. The lowest BCUT2D eigenvalue weighted by molar-refractivity contribution is -0.138. The molecular weight excluding hydrogens is 519 g/mol. The van der Waals surface area contributed by atoms with Crippen LogP contribution in [-0.2, 0) is 19.8 Å². The lowest BCUT2D eigenvalue weighted by Crippen LogP contribution is -2.24. The number of nitrogens with zero attached hydrogens (tertiary/aromatic N) is 6. The third-order valence-electron chi connectivity index (χ3n) is 6.15. The second kappa shape index (κ2) is 9.79. The highest BCUT2D eigenvalue weighted by molar-refractivity contribution is 6.31. The van der Waals surface area contributed by atoms with Crippen LogP contribution in [0, 0.1) is 11.3 Å². The van der Waals surface area contributed by atoms with Crippen LogP contribution in [0.3, 0.4) is 0 Å². The number of fused-ring (bicyclic) bond motifs is 1. The number of anilines is 2. The quantitative estimate of drug-likeness (QED) is 0.317. The molecule has 1 aliphatic rings. The summed E-state index contributed by atoms with van der Waals surface area (Å²) in [5, 5.41) is 20.6. The van der Waals surface area contributed by atoms with Gasteiger partial charge in [0.15, 0.2) is 5.82 Å². The SMILES string of the molecule is Cn1cnnc1-c1ccc(Cl)cc1-c1cc(NCCC#N)nc(N2Cc3c(cccc3C(F)(F)F)C2=O)c1. The van der Waals surface area contributed by atoms with Gasteiger partial charge in [0, 0.05) is 29.7 Å². The minimum atomic E-state index is -4.60. The molecule has 38 heavy (non-hydrogen) atoms. The fourth-order valence-corrected chi connectivity index (χ4v) is 4.58. The minimum absolute atomic E-state index is 0.0199. The highest BCUT2D eigenvalue weighted by atomic mass is 35.5. The summed E-state index contributed by atoms with van der Waals surface area (Å²) in [6.45, 7) is -0.00585. The van der Waals surface area contributed by atoms with Crippen LogP contribution >= 0.6 is 11.6 Å². The average molecular weight is 538 g/mol. The van der Waals surface area contributed by atoms with Gasteiger partial charge in [-0.25, -0.2) is 4.98 Å². The summed E-state index contributed by atoms with van der Waals surface area (Å²) in [5.74, 6) is 0.475. The molecule has 0 radical (unpaired) electrons. The first kappa shape index (κ1) is 25.2. The van der Waals surface area contributed by atoms with E-state index >= 15 is 0 Å². The number of nitrogens with one attached hydrogen (secondary N) is 1. The Hall–Kier alpha value is -4.43. The van der Waals surface area contributed by atoms with Crippen molar-refractivity contribution in [1.82, 2.24) is 19.7 Å². The highest BCUT2D eigenvalue weighted by Crippen LogP contribution is 2.40. The molecule has 0 aliphatic carbocycles. The summed E-state index contributed by atoms with van der Waals surface area (Å²) >= 11 is 6.34. The number of nitriles is 1. The van der Waals surface area contributed by atoms with Gasteiger partial charge in [0.2, 0.25) is 0 Å². The van der Waals surface area contributed by atoms with Crippen LogP contribution in [-0.4, -0.2) is 32.2 Å². The first-order chi connectivity index (χ1) is 18.2. The van der Waals surface area contributed by atoms with Gasteiger partial charge in [0.25, 0.3) is 5.91 Å². The lowest BCUT2D eigenvalue weighted by atomic mass is 9.99. The summed E-state index contributed by atoms with van der Waals surface area (Å²) in [7, 11) is 1.79. The average Bonchev–Trinajstić information content (AvgIpc) is 3.46. The van der Waals surface area contributed by atoms with Crippen LogP contribution in [0.4, 0.5) is 24.8 Å². The zero-order valence-electron chi connectivity index (χ0n) is 19.9. The maximum absolute atomic E-state index is 13.7. The van der Waals surface area contributed by atoms with Crippen molar-refractivity contribution in [1.29, 1.82) is 5.26 Å². The van der Waals surface area contributed by atoms with Gasteiger partial charge in [-0.05, 0) is 59.2 Å². The molecule has 0 bridgehead atoms. The summed E-state index contributed by atoms with van der Waals surface area (Å²) in [6.07, 6.45) is -2.85. The number of halogens is 4. The largest absolute Gasteiger partial charge is 0.416 e. The minimum Gasteiger partial charge on any atom is -0.369 e. The Labute approximate surface area is 220 Å². The van der Waals surface area contributed by atoms with Gasteiger partial charge < -0.3 is 9.88 Å². The van der Waals surface area contributed by atoms with Crippen molar-refractivity contribution in [3.05, 3.63) is 76.6 Å². The highest BCUT2D eigenvalue weighted by Gasteiger charge is 2.40. The molecule has 2 aromatic carbocycles. The number of carbonyl (C=O) groups is 1. The predicted molar refractivity (Wildman–Crippen MR) is 135 cm³/mol. The second-order valence-corrected chi connectivity index (χ2v) is 9.05. The molecule has 1 aliphatic heterocycles. The Morgan fingerprint density at radius 1 is 1.13 bits per heavy atom. The molecule has 0 saturated heterocycles. The molecule has 0 fully saturated rings. The van der Waals surface area contributed by atoms with Crippen molar-refractivity contribution in [2.45, 2.75) is 19.1 Å². The van der Waals surface area contributed by atoms with Crippen LogP contribution in [0.1, 0.15) is 27.9 Å². The predicted octanol–water partition coefficient (Wildman–Crippen LogP) is 5.70. The van der Waals surface area contributed by atoms with Gasteiger partial charge in [0.1, 0.15) is 18.0 Å². The number of alkyl halides is 3. The van der Waals surface area contributed by atoms with Crippen LogP contribution in [0.25, 0.3) is 22.5 Å². The standard InChI is InChI=1S/C26H19ClF3N7O/c1-36-14-33-35-24(36)17-7-6-16(27)12-19(17)15-10-22(32-9-3-8-31)34-23(11-15)37-13-20-18(25(37)38)4-2-5-21(20)26(28,29)30/h2,4-7,10-12,14H,3,9,13H2,1H3,(H,32,34). The maximum Gasteiger partial charge on any atom is 0.416 e.